The Balaban J connectivity index is 1.76. The largest absolute Gasteiger partial charge is 0.481 e. The SMILES string of the molecule is CN(c1ccc(C2(C(=O)O)CCC2)cc1)C1CCCCC1. The van der Waals surface area contributed by atoms with Gasteiger partial charge in [-0.25, -0.2) is 0 Å². The fraction of sp³-hybridized carbons (Fsp3) is 0.611. The van der Waals surface area contributed by atoms with Crippen LogP contribution in [0.2, 0.25) is 0 Å². The molecule has 0 spiro atoms. The van der Waals surface area contributed by atoms with Crippen molar-refractivity contribution in [1.29, 1.82) is 0 Å². The second-order valence-corrected chi connectivity index (χ2v) is 6.69. The van der Waals surface area contributed by atoms with Crippen LogP contribution in [0.5, 0.6) is 0 Å². The summed E-state index contributed by atoms with van der Waals surface area (Å²) in [5.74, 6) is -0.665. The van der Waals surface area contributed by atoms with Crippen LogP contribution in [0, 0.1) is 0 Å². The molecule has 0 amide bonds. The van der Waals surface area contributed by atoms with E-state index < -0.39 is 11.4 Å². The smallest absolute Gasteiger partial charge is 0.314 e. The number of carbonyl (C=O) groups is 1. The normalized spacial score (nSPS) is 21.6. The van der Waals surface area contributed by atoms with Crippen molar-refractivity contribution in [2.45, 2.75) is 62.8 Å². The Morgan fingerprint density at radius 3 is 2.19 bits per heavy atom. The maximum Gasteiger partial charge on any atom is 0.314 e. The molecule has 2 aliphatic rings. The van der Waals surface area contributed by atoms with Gasteiger partial charge in [0, 0.05) is 18.8 Å². The molecule has 1 N–H and O–H groups in total. The molecule has 0 aromatic heterocycles. The Morgan fingerprint density at radius 2 is 1.71 bits per heavy atom. The molecule has 2 fully saturated rings. The van der Waals surface area contributed by atoms with E-state index in [2.05, 4.69) is 24.1 Å². The number of carboxylic acid groups (broad SMARTS) is 1. The average molecular weight is 287 g/mol. The first kappa shape index (κ1) is 14.4. The summed E-state index contributed by atoms with van der Waals surface area (Å²) < 4.78 is 0. The van der Waals surface area contributed by atoms with Gasteiger partial charge in [-0.1, -0.05) is 37.8 Å². The van der Waals surface area contributed by atoms with Gasteiger partial charge in [0.05, 0.1) is 5.41 Å². The van der Waals surface area contributed by atoms with E-state index in [1.165, 1.54) is 37.8 Å². The Labute approximate surface area is 127 Å². The first-order valence-electron chi connectivity index (χ1n) is 8.20. The zero-order chi connectivity index (χ0) is 14.9. The molecule has 3 nitrogen and oxygen atoms in total. The number of benzene rings is 1. The lowest BCUT2D eigenvalue weighted by molar-refractivity contribution is -0.147. The van der Waals surface area contributed by atoms with Gasteiger partial charge in [-0.3, -0.25) is 4.79 Å². The van der Waals surface area contributed by atoms with E-state index in [0.717, 1.165) is 24.8 Å². The molecular weight excluding hydrogens is 262 g/mol. The molecule has 1 aromatic carbocycles. The van der Waals surface area contributed by atoms with Crippen LogP contribution in [-0.2, 0) is 10.2 Å². The van der Waals surface area contributed by atoms with Crippen molar-refractivity contribution >= 4 is 11.7 Å². The lowest BCUT2D eigenvalue weighted by atomic mass is 9.64. The Bertz CT molecular complexity index is 498. The molecule has 21 heavy (non-hydrogen) atoms. The van der Waals surface area contributed by atoms with E-state index in [9.17, 15) is 9.90 Å². The van der Waals surface area contributed by atoms with Crippen molar-refractivity contribution in [2.24, 2.45) is 0 Å². The number of carboxylic acids is 1. The predicted octanol–water partition coefficient (Wildman–Crippen LogP) is 3.96. The fourth-order valence-corrected chi connectivity index (χ4v) is 3.85. The topological polar surface area (TPSA) is 40.5 Å². The highest BCUT2D eigenvalue weighted by molar-refractivity contribution is 5.82. The molecule has 2 aliphatic carbocycles. The molecule has 3 rings (SSSR count). The van der Waals surface area contributed by atoms with Crippen LogP contribution in [0.3, 0.4) is 0 Å². The number of anilines is 1. The Hall–Kier alpha value is -1.51. The molecule has 1 aromatic rings. The second-order valence-electron chi connectivity index (χ2n) is 6.69. The van der Waals surface area contributed by atoms with Crippen molar-refractivity contribution in [1.82, 2.24) is 0 Å². The molecule has 0 atom stereocenters. The number of nitrogens with zero attached hydrogens (tertiary/aromatic N) is 1. The van der Waals surface area contributed by atoms with Gasteiger partial charge in [-0.2, -0.15) is 0 Å². The summed E-state index contributed by atoms with van der Waals surface area (Å²) >= 11 is 0. The molecule has 2 saturated carbocycles. The average Bonchev–Trinajstić information content (AvgIpc) is 2.47. The Kier molecular flexibility index (Phi) is 3.92. The summed E-state index contributed by atoms with van der Waals surface area (Å²) in [6, 6.07) is 8.91. The van der Waals surface area contributed by atoms with Gasteiger partial charge in [0.25, 0.3) is 0 Å². The third-order valence-electron chi connectivity index (χ3n) is 5.57. The first-order chi connectivity index (χ1) is 10.1. The minimum Gasteiger partial charge on any atom is -0.481 e. The van der Waals surface area contributed by atoms with E-state index >= 15 is 0 Å². The lowest BCUT2D eigenvalue weighted by Gasteiger charge is -2.38. The van der Waals surface area contributed by atoms with Gasteiger partial charge in [0.1, 0.15) is 0 Å². The standard InChI is InChI=1S/C18H25NO2/c1-19(15-6-3-2-4-7-15)16-10-8-14(9-11-16)18(17(20)21)12-5-13-18/h8-11,15H,2-7,12-13H2,1H3,(H,20,21). The zero-order valence-electron chi connectivity index (χ0n) is 12.8. The Morgan fingerprint density at radius 1 is 1.10 bits per heavy atom. The highest BCUT2D eigenvalue weighted by Crippen LogP contribution is 2.44. The number of hydrogen-bond acceptors (Lipinski definition) is 2. The van der Waals surface area contributed by atoms with Crippen molar-refractivity contribution in [3.63, 3.8) is 0 Å². The lowest BCUT2D eigenvalue weighted by Crippen LogP contribution is -2.42. The molecular formula is C18H25NO2. The third-order valence-corrected chi connectivity index (χ3v) is 5.57. The molecule has 0 saturated heterocycles. The molecule has 0 unspecified atom stereocenters. The second kappa shape index (κ2) is 5.70. The first-order valence-corrected chi connectivity index (χ1v) is 8.20. The summed E-state index contributed by atoms with van der Waals surface area (Å²) in [5.41, 5.74) is 1.58. The van der Waals surface area contributed by atoms with E-state index in [4.69, 9.17) is 0 Å². The maximum atomic E-state index is 11.6. The number of aliphatic carboxylic acids is 1. The molecule has 3 heteroatoms. The van der Waals surface area contributed by atoms with Gasteiger partial charge in [0.2, 0.25) is 0 Å². The summed E-state index contributed by atoms with van der Waals surface area (Å²) in [6.07, 6.45) is 9.15. The number of rotatable bonds is 4. The summed E-state index contributed by atoms with van der Waals surface area (Å²) in [5, 5.41) is 9.51. The predicted molar refractivity (Wildman–Crippen MR) is 84.9 cm³/mol. The summed E-state index contributed by atoms with van der Waals surface area (Å²) in [4.78, 5) is 13.9. The van der Waals surface area contributed by atoms with Gasteiger partial charge in [0.15, 0.2) is 0 Å². The van der Waals surface area contributed by atoms with Crippen molar-refractivity contribution < 1.29 is 9.90 Å². The van der Waals surface area contributed by atoms with E-state index in [0.29, 0.717) is 6.04 Å². The van der Waals surface area contributed by atoms with Crippen LogP contribution in [-0.4, -0.2) is 24.2 Å². The highest BCUT2D eigenvalue weighted by atomic mass is 16.4. The minimum atomic E-state index is -0.665. The van der Waals surface area contributed by atoms with Crippen LogP contribution < -0.4 is 4.90 Å². The zero-order valence-corrected chi connectivity index (χ0v) is 12.8. The van der Waals surface area contributed by atoms with E-state index in [-0.39, 0.29) is 0 Å². The molecule has 0 heterocycles. The van der Waals surface area contributed by atoms with Gasteiger partial charge < -0.3 is 10.0 Å². The van der Waals surface area contributed by atoms with E-state index in [1.54, 1.807) is 0 Å². The molecule has 0 bridgehead atoms. The van der Waals surface area contributed by atoms with Crippen LogP contribution >= 0.6 is 0 Å². The van der Waals surface area contributed by atoms with Crippen LogP contribution in [0.15, 0.2) is 24.3 Å². The highest BCUT2D eigenvalue weighted by Gasteiger charge is 2.45. The van der Waals surface area contributed by atoms with Crippen molar-refractivity contribution in [3.05, 3.63) is 29.8 Å². The quantitative estimate of drug-likeness (QED) is 0.911. The summed E-state index contributed by atoms with van der Waals surface area (Å²) in [6.45, 7) is 0. The molecule has 0 radical (unpaired) electrons. The van der Waals surface area contributed by atoms with Gasteiger partial charge in [-0.15, -0.1) is 0 Å². The van der Waals surface area contributed by atoms with E-state index in [1.807, 2.05) is 12.1 Å². The fourth-order valence-electron chi connectivity index (χ4n) is 3.85. The summed E-state index contributed by atoms with van der Waals surface area (Å²) in [7, 11) is 2.17. The number of hydrogen-bond donors (Lipinski definition) is 1. The third kappa shape index (κ3) is 2.54. The monoisotopic (exact) mass is 287 g/mol. The molecule has 0 aliphatic heterocycles. The maximum absolute atomic E-state index is 11.6. The van der Waals surface area contributed by atoms with Crippen LogP contribution in [0.25, 0.3) is 0 Å². The van der Waals surface area contributed by atoms with Gasteiger partial charge in [-0.05, 0) is 43.4 Å². The van der Waals surface area contributed by atoms with Crippen molar-refractivity contribution in [2.75, 3.05) is 11.9 Å². The van der Waals surface area contributed by atoms with Crippen LogP contribution in [0.4, 0.5) is 5.69 Å². The van der Waals surface area contributed by atoms with Gasteiger partial charge >= 0.3 is 5.97 Å². The molecule has 114 valence electrons. The minimum absolute atomic E-state index is 0.609. The van der Waals surface area contributed by atoms with Crippen molar-refractivity contribution in [3.8, 4) is 0 Å². The van der Waals surface area contributed by atoms with Crippen LogP contribution in [0.1, 0.15) is 56.9 Å².